The molecule has 0 aliphatic heterocycles. The molecule has 0 aromatic rings. The van der Waals surface area contributed by atoms with Gasteiger partial charge in [-0.05, 0) is 99.2 Å². The molecule has 2 heteroatoms. The van der Waals surface area contributed by atoms with Crippen molar-refractivity contribution in [3.63, 3.8) is 0 Å². The highest BCUT2D eigenvalue weighted by molar-refractivity contribution is 5.85. The smallest absolute Gasteiger partial charge is 0.138 e. The van der Waals surface area contributed by atoms with Gasteiger partial charge in [-0.15, -0.1) is 0 Å². The summed E-state index contributed by atoms with van der Waals surface area (Å²) in [6.07, 6.45) is 15.9. The molecular weight excluding hydrogens is 392 g/mol. The summed E-state index contributed by atoms with van der Waals surface area (Å²) in [4.78, 5) is 25.0. The quantitative estimate of drug-likeness (QED) is 0.325. The van der Waals surface area contributed by atoms with E-state index in [0.717, 1.165) is 32.1 Å². The maximum absolute atomic E-state index is 12.8. The molecule has 4 aliphatic rings. The molecule has 0 N–H and O–H groups in total. The van der Waals surface area contributed by atoms with Crippen molar-refractivity contribution in [3.05, 3.63) is 23.3 Å². The highest BCUT2D eigenvalue weighted by Gasteiger charge is 2.65. The summed E-state index contributed by atoms with van der Waals surface area (Å²) < 4.78 is 0. The molecule has 3 saturated carbocycles. The van der Waals surface area contributed by atoms with Crippen LogP contribution in [0.25, 0.3) is 0 Å². The van der Waals surface area contributed by atoms with E-state index >= 15 is 0 Å². The molecule has 0 unspecified atom stereocenters. The number of aldehydes is 1. The van der Waals surface area contributed by atoms with E-state index in [0.29, 0.717) is 23.5 Å². The van der Waals surface area contributed by atoms with Gasteiger partial charge in [0.1, 0.15) is 12.1 Å². The Balaban J connectivity index is 1.65. The standard InChI is InChI=1S/C30H46O2/c1-20(2)9-8-10-21(19-31)22-13-17-30(7)24-11-12-25-27(3,4)26(32)15-16-28(25,5)23(24)14-18-29(22,30)6/h9,11,19,21-23,25H,8,10,12-18H2,1-7H3/t21-,22+,23+,25+,28-,29+,30-/m1/s1. The average Bonchev–Trinajstić information content (AvgIpc) is 3.00. The Morgan fingerprint density at radius 2 is 1.81 bits per heavy atom. The Kier molecular flexibility index (Phi) is 5.95. The lowest BCUT2D eigenvalue weighted by molar-refractivity contribution is -0.146. The van der Waals surface area contributed by atoms with Crippen LogP contribution in [0.5, 0.6) is 0 Å². The van der Waals surface area contributed by atoms with Crippen LogP contribution in [0.2, 0.25) is 0 Å². The van der Waals surface area contributed by atoms with E-state index in [1.807, 2.05) is 0 Å². The molecule has 32 heavy (non-hydrogen) atoms. The number of hydrogen-bond donors (Lipinski definition) is 0. The van der Waals surface area contributed by atoms with Crippen molar-refractivity contribution in [3.8, 4) is 0 Å². The number of Topliss-reactive ketones (excluding diaryl/α,β-unsaturated/α-hetero) is 1. The second-order valence-corrected chi connectivity index (χ2v) is 13.2. The normalized spacial score (nSPS) is 43.4. The highest BCUT2D eigenvalue weighted by atomic mass is 16.1. The van der Waals surface area contributed by atoms with Gasteiger partial charge in [-0.3, -0.25) is 4.79 Å². The fourth-order valence-corrected chi connectivity index (χ4v) is 9.17. The Hall–Kier alpha value is -1.18. The molecule has 0 saturated heterocycles. The number of carbonyl (C=O) groups is 2. The van der Waals surface area contributed by atoms with Crippen LogP contribution in [-0.4, -0.2) is 12.1 Å². The van der Waals surface area contributed by atoms with Crippen molar-refractivity contribution < 1.29 is 9.59 Å². The zero-order valence-corrected chi connectivity index (χ0v) is 21.7. The van der Waals surface area contributed by atoms with Crippen molar-refractivity contribution in [1.29, 1.82) is 0 Å². The van der Waals surface area contributed by atoms with Gasteiger partial charge in [-0.2, -0.15) is 0 Å². The van der Waals surface area contributed by atoms with E-state index in [1.165, 1.54) is 37.5 Å². The zero-order valence-electron chi connectivity index (χ0n) is 21.7. The van der Waals surface area contributed by atoms with Crippen LogP contribution >= 0.6 is 0 Å². The minimum Gasteiger partial charge on any atom is -0.303 e. The van der Waals surface area contributed by atoms with E-state index in [2.05, 4.69) is 60.6 Å². The van der Waals surface area contributed by atoms with Crippen LogP contribution in [0.4, 0.5) is 0 Å². The predicted octanol–water partition coefficient (Wildman–Crippen LogP) is 7.72. The molecule has 0 heterocycles. The summed E-state index contributed by atoms with van der Waals surface area (Å²) in [6.45, 7) is 16.3. The van der Waals surface area contributed by atoms with Crippen molar-refractivity contribution in [2.75, 3.05) is 0 Å². The van der Waals surface area contributed by atoms with Gasteiger partial charge in [0.05, 0.1) is 0 Å². The first-order valence-corrected chi connectivity index (χ1v) is 13.2. The lowest BCUT2D eigenvalue weighted by atomic mass is 9.41. The van der Waals surface area contributed by atoms with Crippen LogP contribution in [0.15, 0.2) is 23.3 Å². The number of carbonyl (C=O) groups excluding carboxylic acids is 2. The fourth-order valence-electron chi connectivity index (χ4n) is 9.17. The summed E-state index contributed by atoms with van der Waals surface area (Å²) in [6, 6.07) is 0. The van der Waals surface area contributed by atoms with Crippen molar-refractivity contribution in [1.82, 2.24) is 0 Å². The van der Waals surface area contributed by atoms with Crippen molar-refractivity contribution in [2.45, 2.75) is 106 Å². The molecule has 4 rings (SSSR count). The average molecular weight is 439 g/mol. The predicted molar refractivity (Wildman–Crippen MR) is 132 cm³/mol. The van der Waals surface area contributed by atoms with Crippen LogP contribution in [0.1, 0.15) is 106 Å². The van der Waals surface area contributed by atoms with E-state index in [9.17, 15) is 9.59 Å². The molecule has 0 amide bonds. The monoisotopic (exact) mass is 438 g/mol. The Morgan fingerprint density at radius 1 is 1.09 bits per heavy atom. The summed E-state index contributed by atoms with van der Waals surface area (Å²) in [7, 11) is 0. The van der Waals surface area contributed by atoms with Crippen LogP contribution < -0.4 is 0 Å². The molecular formula is C30H46O2. The van der Waals surface area contributed by atoms with Gasteiger partial charge in [0.25, 0.3) is 0 Å². The first-order valence-electron chi connectivity index (χ1n) is 13.2. The topological polar surface area (TPSA) is 34.1 Å². The van der Waals surface area contributed by atoms with Gasteiger partial charge in [-0.25, -0.2) is 0 Å². The fraction of sp³-hybridized carbons (Fsp3) is 0.800. The van der Waals surface area contributed by atoms with Gasteiger partial charge in [0, 0.05) is 17.8 Å². The molecule has 178 valence electrons. The summed E-state index contributed by atoms with van der Waals surface area (Å²) in [5, 5.41) is 0. The number of rotatable bonds is 5. The van der Waals surface area contributed by atoms with Gasteiger partial charge < -0.3 is 4.79 Å². The molecule has 4 aliphatic carbocycles. The Bertz CT molecular complexity index is 843. The van der Waals surface area contributed by atoms with E-state index in [1.54, 1.807) is 5.57 Å². The maximum Gasteiger partial charge on any atom is 0.138 e. The number of hydrogen-bond acceptors (Lipinski definition) is 2. The molecule has 0 aromatic heterocycles. The summed E-state index contributed by atoms with van der Waals surface area (Å²) in [5.41, 5.74) is 3.47. The summed E-state index contributed by atoms with van der Waals surface area (Å²) in [5.74, 6) is 2.20. The molecule has 3 fully saturated rings. The largest absolute Gasteiger partial charge is 0.303 e. The first kappa shape index (κ1) is 24.0. The molecule has 0 bridgehead atoms. The third-order valence-electron chi connectivity index (χ3n) is 11.4. The van der Waals surface area contributed by atoms with E-state index in [-0.39, 0.29) is 27.6 Å². The highest BCUT2D eigenvalue weighted by Crippen LogP contribution is 2.73. The van der Waals surface area contributed by atoms with E-state index in [4.69, 9.17) is 0 Å². The number of ketones is 1. The lowest BCUT2D eigenvalue weighted by Gasteiger charge is -2.63. The maximum atomic E-state index is 12.8. The van der Waals surface area contributed by atoms with Gasteiger partial charge >= 0.3 is 0 Å². The minimum absolute atomic E-state index is 0.174. The molecule has 2 nitrogen and oxygen atoms in total. The van der Waals surface area contributed by atoms with Gasteiger partial charge in [-0.1, -0.05) is 57.9 Å². The second-order valence-electron chi connectivity index (χ2n) is 13.2. The van der Waals surface area contributed by atoms with Crippen molar-refractivity contribution >= 4 is 12.1 Å². The first-order chi connectivity index (χ1) is 14.9. The summed E-state index contributed by atoms with van der Waals surface area (Å²) >= 11 is 0. The number of allylic oxidation sites excluding steroid dienone is 4. The zero-order chi connectivity index (χ0) is 23.5. The minimum atomic E-state index is -0.206. The second kappa shape index (κ2) is 7.95. The molecule has 0 spiro atoms. The Labute approximate surface area is 196 Å². The van der Waals surface area contributed by atoms with Gasteiger partial charge in [0.15, 0.2) is 0 Å². The van der Waals surface area contributed by atoms with Crippen LogP contribution in [0, 0.1) is 45.3 Å². The third-order valence-corrected chi connectivity index (χ3v) is 11.4. The lowest BCUT2D eigenvalue weighted by Crippen LogP contribution is -2.57. The molecule has 0 aromatic carbocycles. The van der Waals surface area contributed by atoms with Crippen molar-refractivity contribution in [2.24, 2.45) is 45.3 Å². The molecule has 0 radical (unpaired) electrons. The van der Waals surface area contributed by atoms with Gasteiger partial charge in [0.2, 0.25) is 0 Å². The third kappa shape index (κ3) is 3.25. The van der Waals surface area contributed by atoms with Crippen LogP contribution in [-0.2, 0) is 9.59 Å². The molecule has 7 atom stereocenters. The van der Waals surface area contributed by atoms with E-state index < -0.39 is 0 Å². The SMILES string of the molecule is CC(C)=CCC[C@H](C=O)[C@@H]1CC[C@]2(C)C3=CC[C@H]4C(C)(C)C(=O)CC[C@]4(C)[C@H]3CC[C@@]12C. The number of fused-ring (bicyclic) bond motifs is 5. The van der Waals surface area contributed by atoms with Crippen LogP contribution in [0.3, 0.4) is 0 Å². The Morgan fingerprint density at radius 3 is 2.47 bits per heavy atom.